The lowest BCUT2D eigenvalue weighted by Crippen LogP contribution is -1.96. The number of fused-ring (bicyclic) bond motifs is 1. The van der Waals surface area contributed by atoms with Crippen LogP contribution in [0.25, 0.3) is 10.2 Å². The van der Waals surface area contributed by atoms with Gasteiger partial charge in [-0.25, -0.2) is 4.98 Å². The second-order valence-corrected chi connectivity index (χ2v) is 6.04. The lowest BCUT2D eigenvalue weighted by atomic mass is 10.3. The first-order valence-corrected chi connectivity index (χ1v) is 7.67. The predicted octanol–water partition coefficient (Wildman–Crippen LogP) is 4.07. The minimum absolute atomic E-state index is 0.506. The van der Waals surface area contributed by atoms with E-state index in [1.54, 1.807) is 23.7 Å². The van der Waals surface area contributed by atoms with E-state index in [0.717, 1.165) is 31.1 Å². The third-order valence-corrected chi connectivity index (χ3v) is 4.57. The van der Waals surface area contributed by atoms with Crippen LogP contribution < -0.4 is 10.1 Å². The molecule has 20 heavy (non-hydrogen) atoms. The van der Waals surface area contributed by atoms with Crippen LogP contribution in [0.4, 0.5) is 5.13 Å². The van der Waals surface area contributed by atoms with E-state index in [4.69, 9.17) is 4.74 Å². The first-order chi connectivity index (χ1) is 9.76. The Hall–Kier alpha value is -1.66. The molecular formula is C14H12BrN3OS. The second-order valence-electron chi connectivity index (χ2n) is 4.15. The van der Waals surface area contributed by atoms with Crippen LogP contribution in [0.3, 0.4) is 0 Å². The van der Waals surface area contributed by atoms with Gasteiger partial charge in [0, 0.05) is 29.5 Å². The number of halogens is 1. The van der Waals surface area contributed by atoms with Crippen LogP contribution in [0.2, 0.25) is 0 Å². The molecular weight excluding hydrogens is 338 g/mol. The summed E-state index contributed by atoms with van der Waals surface area (Å²) in [5.74, 6) is 0.840. The molecule has 0 unspecified atom stereocenters. The SMILES string of the molecule is CNc1nc2ccc(OCc3ccncc3Br)cc2s1. The highest BCUT2D eigenvalue weighted by Gasteiger charge is 2.05. The summed E-state index contributed by atoms with van der Waals surface area (Å²) < 4.78 is 7.89. The average Bonchev–Trinajstić information content (AvgIpc) is 2.88. The number of nitrogens with one attached hydrogen (secondary N) is 1. The van der Waals surface area contributed by atoms with Crippen molar-refractivity contribution in [1.29, 1.82) is 0 Å². The van der Waals surface area contributed by atoms with Gasteiger partial charge in [0.2, 0.25) is 0 Å². The summed E-state index contributed by atoms with van der Waals surface area (Å²) in [5, 5.41) is 3.97. The molecule has 0 radical (unpaired) electrons. The topological polar surface area (TPSA) is 47.0 Å². The van der Waals surface area contributed by atoms with E-state index in [9.17, 15) is 0 Å². The molecule has 3 rings (SSSR count). The summed E-state index contributed by atoms with van der Waals surface area (Å²) in [6.45, 7) is 0.506. The molecule has 6 heteroatoms. The van der Waals surface area contributed by atoms with Crippen molar-refractivity contribution in [2.24, 2.45) is 0 Å². The molecule has 0 amide bonds. The number of pyridine rings is 1. The van der Waals surface area contributed by atoms with Crippen LogP contribution in [0, 0.1) is 0 Å². The van der Waals surface area contributed by atoms with Crippen molar-refractivity contribution in [3.8, 4) is 5.75 Å². The Morgan fingerprint density at radius 3 is 3.05 bits per heavy atom. The number of nitrogens with zero attached hydrogens (tertiary/aromatic N) is 2. The quantitative estimate of drug-likeness (QED) is 0.770. The first kappa shape index (κ1) is 13.3. The predicted molar refractivity (Wildman–Crippen MR) is 85.4 cm³/mol. The Bertz CT molecular complexity index is 744. The highest BCUT2D eigenvalue weighted by Crippen LogP contribution is 2.29. The molecule has 0 bridgehead atoms. The van der Waals surface area contributed by atoms with E-state index in [1.165, 1.54) is 0 Å². The smallest absolute Gasteiger partial charge is 0.183 e. The van der Waals surface area contributed by atoms with Crippen LogP contribution in [-0.4, -0.2) is 17.0 Å². The van der Waals surface area contributed by atoms with Crippen molar-refractivity contribution in [2.45, 2.75) is 6.61 Å². The molecule has 102 valence electrons. The van der Waals surface area contributed by atoms with E-state index >= 15 is 0 Å². The average molecular weight is 350 g/mol. The van der Waals surface area contributed by atoms with Crippen LogP contribution in [-0.2, 0) is 6.61 Å². The third-order valence-electron chi connectivity index (χ3n) is 2.82. The zero-order chi connectivity index (χ0) is 13.9. The fourth-order valence-corrected chi connectivity index (χ4v) is 3.00. The van der Waals surface area contributed by atoms with E-state index in [-0.39, 0.29) is 0 Å². The van der Waals surface area contributed by atoms with Gasteiger partial charge in [0.05, 0.1) is 10.2 Å². The van der Waals surface area contributed by atoms with Gasteiger partial charge < -0.3 is 10.1 Å². The number of ether oxygens (including phenoxy) is 1. The maximum Gasteiger partial charge on any atom is 0.183 e. The normalized spacial score (nSPS) is 10.7. The maximum atomic E-state index is 5.82. The van der Waals surface area contributed by atoms with Gasteiger partial charge in [-0.05, 0) is 40.2 Å². The van der Waals surface area contributed by atoms with E-state index < -0.39 is 0 Å². The summed E-state index contributed by atoms with van der Waals surface area (Å²) in [4.78, 5) is 8.48. The molecule has 0 aliphatic rings. The van der Waals surface area contributed by atoms with Gasteiger partial charge >= 0.3 is 0 Å². The number of hydrogen-bond acceptors (Lipinski definition) is 5. The van der Waals surface area contributed by atoms with Crippen molar-refractivity contribution in [3.05, 3.63) is 46.7 Å². The Kier molecular flexibility index (Phi) is 3.84. The summed E-state index contributed by atoms with van der Waals surface area (Å²) in [7, 11) is 1.87. The molecule has 0 aliphatic heterocycles. The van der Waals surface area contributed by atoms with Crippen LogP contribution in [0.15, 0.2) is 41.1 Å². The van der Waals surface area contributed by atoms with Crippen LogP contribution >= 0.6 is 27.3 Å². The summed E-state index contributed by atoms with van der Waals surface area (Å²) in [6.07, 6.45) is 3.53. The standard InChI is InChI=1S/C14H12BrN3OS/c1-16-14-18-12-3-2-10(6-13(12)20-14)19-8-9-4-5-17-7-11(9)15/h2-7H,8H2,1H3,(H,16,18). The minimum Gasteiger partial charge on any atom is -0.489 e. The lowest BCUT2D eigenvalue weighted by Gasteiger charge is -2.07. The van der Waals surface area contributed by atoms with Gasteiger partial charge in [0.1, 0.15) is 12.4 Å². The summed E-state index contributed by atoms with van der Waals surface area (Å²) >= 11 is 5.08. The molecule has 2 aromatic heterocycles. The molecule has 4 nitrogen and oxygen atoms in total. The third kappa shape index (κ3) is 2.76. The highest BCUT2D eigenvalue weighted by molar-refractivity contribution is 9.10. The molecule has 0 saturated carbocycles. The Balaban J connectivity index is 1.79. The highest BCUT2D eigenvalue weighted by atomic mass is 79.9. The summed E-state index contributed by atoms with van der Waals surface area (Å²) in [6, 6.07) is 7.87. The monoisotopic (exact) mass is 349 g/mol. The Morgan fingerprint density at radius 1 is 1.35 bits per heavy atom. The zero-order valence-corrected chi connectivity index (χ0v) is 13.2. The fraction of sp³-hybridized carbons (Fsp3) is 0.143. The van der Waals surface area contributed by atoms with E-state index in [2.05, 4.69) is 31.2 Å². The van der Waals surface area contributed by atoms with Gasteiger partial charge in [-0.2, -0.15) is 0 Å². The Labute approximate surface area is 129 Å². The van der Waals surface area contributed by atoms with E-state index in [1.807, 2.05) is 31.3 Å². The molecule has 1 aromatic carbocycles. The number of benzene rings is 1. The fourth-order valence-electron chi connectivity index (χ4n) is 1.78. The number of aromatic nitrogens is 2. The van der Waals surface area contributed by atoms with Gasteiger partial charge in [0.25, 0.3) is 0 Å². The number of rotatable bonds is 4. The maximum absolute atomic E-state index is 5.82. The molecule has 3 aromatic rings. The molecule has 0 atom stereocenters. The van der Waals surface area contributed by atoms with Crippen LogP contribution in [0.1, 0.15) is 5.56 Å². The number of anilines is 1. The largest absolute Gasteiger partial charge is 0.489 e. The first-order valence-electron chi connectivity index (χ1n) is 6.06. The number of thiazole rings is 1. The molecule has 2 heterocycles. The van der Waals surface area contributed by atoms with Crippen molar-refractivity contribution in [3.63, 3.8) is 0 Å². The molecule has 0 spiro atoms. The van der Waals surface area contributed by atoms with E-state index in [0.29, 0.717) is 6.61 Å². The van der Waals surface area contributed by atoms with Crippen LogP contribution in [0.5, 0.6) is 5.75 Å². The van der Waals surface area contributed by atoms with Gasteiger partial charge in [-0.15, -0.1) is 0 Å². The molecule has 0 saturated heterocycles. The minimum atomic E-state index is 0.506. The van der Waals surface area contributed by atoms with Crippen molar-refractivity contribution >= 4 is 42.6 Å². The zero-order valence-electron chi connectivity index (χ0n) is 10.8. The van der Waals surface area contributed by atoms with Gasteiger partial charge in [-0.1, -0.05) is 11.3 Å². The Morgan fingerprint density at radius 2 is 2.25 bits per heavy atom. The number of hydrogen-bond donors (Lipinski definition) is 1. The van der Waals surface area contributed by atoms with Gasteiger partial charge in [0.15, 0.2) is 5.13 Å². The lowest BCUT2D eigenvalue weighted by molar-refractivity contribution is 0.306. The van der Waals surface area contributed by atoms with Crippen molar-refractivity contribution in [2.75, 3.05) is 12.4 Å². The summed E-state index contributed by atoms with van der Waals surface area (Å²) in [5.41, 5.74) is 2.05. The molecule has 0 aliphatic carbocycles. The second kappa shape index (κ2) is 5.76. The molecule has 0 fully saturated rings. The molecule has 1 N–H and O–H groups in total. The van der Waals surface area contributed by atoms with Gasteiger partial charge in [-0.3, -0.25) is 4.98 Å². The van der Waals surface area contributed by atoms with Crippen molar-refractivity contribution < 1.29 is 4.74 Å². The van der Waals surface area contributed by atoms with Crippen molar-refractivity contribution in [1.82, 2.24) is 9.97 Å².